The molecule has 12 heavy (non-hydrogen) atoms. The molecule has 0 aromatic heterocycles. The largest absolute Gasteiger partial charge is 0.387 e. The molecular formula is C8H7Br2ClO. The molecule has 0 fully saturated rings. The lowest BCUT2D eigenvalue weighted by Crippen LogP contribution is -1.97. The molecule has 0 bridgehead atoms. The second-order valence-corrected chi connectivity index (χ2v) is 4.36. The third-order valence-corrected chi connectivity index (χ3v) is 3.65. The van der Waals surface area contributed by atoms with Crippen molar-refractivity contribution in [1.29, 1.82) is 0 Å². The van der Waals surface area contributed by atoms with E-state index in [1.54, 1.807) is 0 Å². The first-order valence-corrected chi connectivity index (χ1v) is 5.46. The molecule has 1 aromatic carbocycles. The van der Waals surface area contributed by atoms with Crippen molar-refractivity contribution in [3.8, 4) is 0 Å². The van der Waals surface area contributed by atoms with Crippen LogP contribution in [0.15, 0.2) is 27.1 Å². The summed E-state index contributed by atoms with van der Waals surface area (Å²) in [6, 6.07) is 5.55. The third kappa shape index (κ3) is 2.46. The summed E-state index contributed by atoms with van der Waals surface area (Å²) < 4.78 is 1.89. The summed E-state index contributed by atoms with van der Waals surface area (Å²) in [6.45, 7) is 0. The number of aliphatic hydroxyl groups excluding tert-OH is 1. The molecular weight excluding hydrogens is 307 g/mol. The van der Waals surface area contributed by atoms with E-state index in [4.69, 9.17) is 11.6 Å². The summed E-state index contributed by atoms with van der Waals surface area (Å²) in [5.41, 5.74) is 0.820. The molecule has 0 saturated carbocycles. The first-order chi connectivity index (χ1) is 5.65. The minimum absolute atomic E-state index is 0.216. The first-order valence-electron chi connectivity index (χ1n) is 3.34. The third-order valence-electron chi connectivity index (χ3n) is 1.47. The average Bonchev–Trinajstić information content (AvgIpc) is 2.08. The molecule has 0 saturated heterocycles. The molecule has 66 valence electrons. The van der Waals surface area contributed by atoms with Crippen LogP contribution in [0.2, 0.25) is 0 Å². The van der Waals surface area contributed by atoms with Crippen molar-refractivity contribution in [2.45, 2.75) is 6.10 Å². The van der Waals surface area contributed by atoms with Crippen molar-refractivity contribution in [2.75, 3.05) is 5.88 Å². The van der Waals surface area contributed by atoms with Gasteiger partial charge in [-0.15, -0.1) is 11.6 Å². The molecule has 1 atom stereocenters. The van der Waals surface area contributed by atoms with Crippen LogP contribution in [0.4, 0.5) is 0 Å². The average molecular weight is 314 g/mol. The Morgan fingerprint density at radius 2 is 2.00 bits per heavy atom. The zero-order valence-electron chi connectivity index (χ0n) is 6.10. The Kier molecular flexibility index (Phi) is 4.03. The summed E-state index contributed by atoms with van der Waals surface area (Å²) in [7, 11) is 0. The summed E-state index contributed by atoms with van der Waals surface area (Å²) in [5, 5.41) is 9.38. The summed E-state index contributed by atoms with van der Waals surface area (Å²) in [4.78, 5) is 0. The minimum Gasteiger partial charge on any atom is -0.387 e. The molecule has 0 heterocycles. The maximum Gasteiger partial charge on any atom is 0.0925 e. The highest BCUT2D eigenvalue weighted by Crippen LogP contribution is 2.26. The molecule has 0 aliphatic rings. The van der Waals surface area contributed by atoms with Gasteiger partial charge >= 0.3 is 0 Å². The van der Waals surface area contributed by atoms with Gasteiger partial charge in [0.1, 0.15) is 0 Å². The fourth-order valence-corrected chi connectivity index (χ4v) is 1.63. The van der Waals surface area contributed by atoms with Gasteiger partial charge < -0.3 is 5.11 Å². The second-order valence-electron chi connectivity index (χ2n) is 2.34. The summed E-state index contributed by atoms with van der Waals surface area (Å²) in [5.74, 6) is 0.216. The van der Waals surface area contributed by atoms with Gasteiger partial charge in [0, 0.05) is 8.95 Å². The van der Waals surface area contributed by atoms with E-state index in [1.165, 1.54) is 0 Å². The quantitative estimate of drug-likeness (QED) is 0.829. The summed E-state index contributed by atoms with van der Waals surface area (Å²) in [6.07, 6.45) is -0.587. The van der Waals surface area contributed by atoms with Crippen molar-refractivity contribution in [1.82, 2.24) is 0 Å². The second kappa shape index (κ2) is 4.61. The number of halogens is 3. The standard InChI is InChI=1S/C8H7Br2ClO/c9-6-2-1-5(3-7(6)10)8(12)4-11/h1-3,8,12H,4H2/t8-/m0/s1. The van der Waals surface area contributed by atoms with Crippen LogP contribution in [-0.2, 0) is 0 Å². The maximum absolute atomic E-state index is 9.38. The molecule has 1 rings (SSSR count). The van der Waals surface area contributed by atoms with Crippen LogP contribution >= 0.6 is 43.5 Å². The minimum atomic E-state index is -0.587. The first kappa shape index (κ1) is 10.5. The predicted octanol–water partition coefficient (Wildman–Crippen LogP) is 3.48. The smallest absolute Gasteiger partial charge is 0.0925 e. The van der Waals surface area contributed by atoms with Gasteiger partial charge in [0.15, 0.2) is 0 Å². The molecule has 0 spiro atoms. The Morgan fingerprint density at radius 1 is 1.33 bits per heavy atom. The lowest BCUT2D eigenvalue weighted by Gasteiger charge is -2.07. The molecule has 0 unspecified atom stereocenters. The highest BCUT2D eigenvalue weighted by atomic mass is 79.9. The van der Waals surface area contributed by atoms with E-state index in [9.17, 15) is 5.11 Å². The zero-order valence-corrected chi connectivity index (χ0v) is 10.0. The molecule has 1 nitrogen and oxygen atoms in total. The Hall–Kier alpha value is 0.430. The van der Waals surface area contributed by atoms with Crippen molar-refractivity contribution in [3.63, 3.8) is 0 Å². The van der Waals surface area contributed by atoms with Crippen LogP contribution in [0.3, 0.4) is 0 Å². The molecule has 0 aliphatic heterocycles. The van der Waals surface area contributed by atoms with Crippen LogP contribution in [-0.4, -0.2) is 11.0 Å². The van der Waals surface area contributed by atoms with Gasteiger partial charge in [-0.1, -0.05) is 6.07 Å². The Balaban J connectivity index is 2.96. The fourth-order valence-electron chi connectivity index (χ4n) is 0.809. The SMILES string of the molecule is O[C@@H](CCl)c1ccc(Br)c(Br)c1. The molecule has 0 aliphatic carbocycles. The maximum atomic E-state index is 9.38. The molecule has 1 aromatic rings. The van der Waals surface area contributed by atoms with E-state index in [0.717, 1.165) is 14.5 Å². The molecule has 0 amide bonds. The molecule has 0 radical (unpaired) electrons. The van der Waals surface area contributed by atoms with E-state index in [0.29, 0.717) is 0 Å². The van der Waals surface area contributed by atoms with E-state index in [2.05, 4.69) is 31.9 Å². The monoisotopic (exact) mass is 312 g/mol. The van der Waals surface area contributed by atoms with Gasteiger partial charge in [-0.2, -0.15) is 0 Å². The lowest BCUT2D eigenvalue weighted by molar-refractivity contribution is 0.202. The topological polar surface area (TPSA) is 20.2 Å². The number of benzene rings is 1. The van der Waals surface area contributed by atoms with Crippen LogP contribution in [0.5, 0.6) is 0 Å². The highest BCUT2D eigenvalue weighted by Gasteiger charge is 2.06. The van der Waals surface area contributed by atoms with Gasteiger partial charge in [-0.25, -0.2) is 0 Å². The van der Waals surface area contributed by atoms with Gasteiger partial charge in [0.25, 0.3) is 0 Å². The van der Waals surface area contributed by atoms with Crippen LogP contribution < -0.4 is 0 Å². The van der Waals surface area contributed by atoms with E-state index < -0.39 is 6.10 Å². The Bertz CT molecular complexity index is 278. The molecule has 4 heteroatoms. The normalized spacial score (nSPS) is 13.0. The number of hydrogen-bond donors (Lipinski definition) is 1. The van der Waals surface area contributed by atoms with E-state index in [1.807, 2.05) is 18.2 Å². The number of aliphatic hydroxyl groups is 1. The van der Waals surface area contributed by atoms with E-state index >= 15 is 0 Å². The van der Waals surface area contributed by atoms with Gasteiger partial charge in [-0.05, 0) is 49.6 Å². The predicted molar refractivity (Wildman–Crippen MR) is 57.5 cm³/mol. The lowest BCUT2D eigenvalue weighted by atomic mass is 10.1. The summed E-state index contributed by atoms with van der Waals surface area (Å²) >= 11 is 12.2. The van der Waals surface area contributed by atoms with E-state index in [-0.39, 0.29) is 5.88 Å². The number of alkyl halides is 1. The highest BCUT2D eigenvalue weighted by molar-refractivity contribution is 9.13. The van der Waals surface area contributed by atoms with Crippen LogP contribution in [0.25, 0.3) is 0 Å². The van der Waals surface area contributed by atoms with Crippen LogP contribution in [0.1, 0.15) is 11.7 Å². The van der Waals surface area contributed by atoms with Crippen molar-refractivity contribution >= 4 is 43.5 Å². The fraction of sp³-hybridized carbons (Fsp3) is 0.250. The van der Waals surface area contributed by atoms with Crippen LogP contribution in [0, 0.1) is 0 Å². The molecule has 1 N–H and O–H groups in total. The van der Waals surface area contributed by atoms with Crippen molar-refractivity contribution < 1.29 is 5.11 Å². The van der Waals surface area contributed by atoms with Gasteiger partial charge in [0.05, 0.1) is 12.0 Å². The zero-order chi connectivity index (χ0) is 9.14. The van der Waals surface area contributed by atoms with Crippen molar-refractivity contribution in [2.24, 2.45) is 0 Å². The Morgan fingerprint density at radius 3 is 2.50 bits per heavy atom. The Labute approximate surface area is 93.0 Å². The number of hydrogen-bond acceptors (Lipinski definition) is 1. The van der Waals surface area contributed by atoms with Gasteiger partial charge in [-0.3, -0.25) is 0 Å². The van der Waals surface area contributed by atoms with Crippen molar-refractivity contribution in [3.05, 3.63) is 32.7 Å². The number of rotatable bonds is 2. The van der Waals surface area contributed by atoms with Gasteiger partial charge in [0.2, 0.25) is 0 Å².